The monoisotopic (exact) mass is 482 g/mol. The lowest BCUT2D eigenvalue weighted by Gasteiger charge is -2.15. The lowest BCUT2D eigenvalue weighted by molar-refractivity contribution is 0.700. The lowest BCUT2D eigenvalue weighted by atomic mass is 9.89. The molecule has 0 radical (unpaired) electrons. The normalized spacial score (nSPS) is 11.4. The molecular formula is C37H38. The van der Waals surface area contributed by atoms with Crippen molar-refractivity contribution in [3.63, 3.8) is 0 Å². The van der Waals surface area contributed by atoms with Gasteiger partial charge in [-0.1, -0.05) is 141 Å². The molecule has 0 saturated carbocycles. The Bertz CT molecular complexity index is 1410. The van der Waals surface area contributed by atoms with Crippen molar-refractivity contribution >= 4 is 10.8 Å². The van der Waals surface area contributed by atoms with Crippen molar-refractivity contribution < 1.29 is 0 Å². The molecule has 0 nitrogen and oxygen atoms in total. The molecule has 5 aromatic carbocycles. The van der Waals surface area contributed by atoms with E-state index < -0.39 is 0 Å². The molecule has 0 heterocycles. The zero-order valence-electron chi connectivity index (χ0n) is 22.5. The number of allylic oxidation sites excluding steroid dienone is 1. The van der Waals surface area contributed by atoms with Gasteiger partial charge in [0.05, 0.1) is 0 Å². The average Bonchev–Trinajstić information content (AvgIpc) is 2.96. The number of fused-ring (bicyclic) bond motifs is 1. The lowest BCUT2D eigenvalue weighted by Crippen LogP contribution is -1.96. The Kier molecular flexibility index (Phi) is 9.11. The van der Waals surface area contributed by atoms with Crippen molar-refractivity contribution in [1.29, 1.82) is 0 Å². The van der Waals surface area contributed by atoms with Crippen LogP contribution in [0.1, 0.15) is 37.0 Å². The van der Waals surface area contributed by atoms with Crippen molar-refractivity contribution in [3.05, 3.63) is 145 Å². The Morgan fingerprint density at radius 1 is 0.676 bits per heavy atom. The van der Waals surface area contributed by atoms with E-state index >= 15 is 0 Å². The van der Waals surface area contributed by atoms with E-state index in [4.69, 9.17) is 0 Å². The Balaban J connectivity index is 0.000000480. The highest BCUT2D eigenvalue weighted by Crippen LogP contribution is 2.35. The highest BCUT2D eigenvalue weighted by atomic mass is 14.2. The van der Waals surface area contributed by atoms with Crippen LogP contribution in [0.4, 0.5) is 0 Å². The number of benzene rings is 5. The Hall–Kier alpha value is -3.90. The fraction of sp³-hybridized carbons (Fsp3) is 0.189. The van der Waals surface area contributed by atoms with Crippen molar-refractivity contribution in [2.24, 2.45) is 5.92 Å². The molecule has 37 heavy (non-hydrogen) atoms. The summed E-state index contributed by atoms with van der Waals surface area (Å²) in [4.78, 5) is 0. The molecule has 5 rings (SSSR count). The summed E-state index contributed by atoms with van der Waals surface area (Å²) in [5, 5.41) is 2.68. The van der Waals surface area contributed by atoms with Crippen LogP contribution in [0.15, 0.2) is 128 Å². The number of aryl methyl sites for hydroxylation is 3. The first-order chi connectivity index (χ1) is 18.1. The predicted molar refractivity (Wildman–Crippen MR) is 163 cm³/mol. The molecule has 0 aliphatic rings. The van der Waals surface area contributed by atoms with Crippen LogP contribution in [0.5, 0.6) is 0 Å². The molecule has 0 fully saturated rings. The second-order valence-electron chi connectivity index (χ2n) is 9.88. The SMILES string of the molecule is C=CC(C)CC.Cc1ccc(-c2cc(CCc3ccccc3)c3c(-c4ccccc4)cccc3c2)cc1. The fourth-order valence-electron chi connectivity index (χ4n) is 4.58. The molecule has 1 unspecified atom stereocenters. The van der Waals surface area contributed by atoms with E-state index in [-0.39, 0.29) is 0 Å². The van der Waals surface area contributed by atoms with Crippen LogP contribution in [0.3, 0.4) is 0 Å². The van der Waals surface area contributed by atoms with Crippen LogP contribution in [-0.4, -0.2) is 0 Å². The number of rotatable bonds is 7. The largest absolute Gasteiger partial charge is 0.103 e. The minimum Gasteiger partial charge on any atom is -0.103 e. The molecule has 0 aliphatic carbocycles. The highest BCUT2D eigenvalue weighted by molar-refractivity contribution is 6.01. The average molecular weight is 483 g/mol. The minimum absolute atomic E-state index is 0.699. The van der Waals surface area contributed by atoms with Gasteiger partial charge < -0.3 is 0 Å². The summed E-state index contributed by atoms with van der Waals surface area (Å²) in [6.07, 6.45) is 5.24. The number of hydrogen-bond acceptors (Lipinski definition) is 0. The zero-order chi connectivity index (χ0) is 26.0. The molecule has 1 atom stereocenters. The predicted octanol–water partition coefficient (Wildman–Crippen LogP) is 10.5. The molecule has 0 spiro atoms. The molecule has 0 N–H and O–H groups in total. The van der Waals surface area contributed by atoms with Gasteiger partial charge in [0.1, 0.15) is 0 Å². The van der Waals surface area contributed by atoms with Gasteiger partial charge in [0, 0.05) is 0 Å². The van der Waals surface area contributed by atoms with Crippen LogP contribution < -0.4 is 0 Å². The van der Waals surface area contributed by atoms with Crippen LogP contribution in [-0.2, 0) is 12.8 Å². The first-order valence-corrected chi connectivity index (χ1v) is 13.4. The van der Waals surface area contributed by atoms with E-state index in [2.05, 4.69) is 143 Å². The second kappa shape index (κ2) is 12.9. The van der Waals surface area contributed by atoms with E-state index in [0.717, 1.165) is 12.8 Å². The van der Waals surface area contributed by atoms with E-state index in [9.17, 15) is 0 Å². The summed E-state index contributed by atoms with van der Waals surface area (Å²) in [5.41, 5.74) is 9.25. The Morgan fingerprint density at radius 2 is 1.35 bits per heavy atom. The van der Waals surface area contributed by atoms with Gasteiger partial charge in [-0.05, 0) is 75.9 Å². The third-order valence-electron chi connectivity index (χ3n) is 7.10. The smallest absolute Gasteiger partial charge is 0.00728 e. The van der Waals surface area contributed by atoms with Gasteiger partial charge in [-0.25, -0.2) is 0 Å². The minimum atomic E-state index is 0.699. The quantitative estimate of drug-likeness (QED) is 0.202. The summed E-state index contributed by atoms with van der Waals surface area (Å²) in [6.45, 7) is 10.1. The van der Waals surface area contributed by atoms with Gasteiger partial charge in [-0.15, -0.1) is 6.58 Å². The summed E-state index contributed by atoms with van der Waals surface area (Å²) >= 11 is 0. The van der Waals surface area contributed by atoms with Crippen molar-refractivity contribution in [2.45, 2.75) is 40.0 Å². The third-order valence-corrected chi connectivity index (χ3v) is 7.10. The van der Waals surface area contributed by atoms with Crippen molar-refractivity contribution in [3.8, 4) is 22.3 Å². The topological polar surface area (TPSA) is 0 Å². The first-order valence-electron chi connectivity index (χ1n) is 13.4. The second-order valence-corrected chi connectivity index (χ2v) is 9.88. The van der Waals surface area contributed by atoms with Gasteiger partial charge >= 0.3 is 0 Å². The molecule has 0 aliphatic heterocycles. The van der Waals surface area contributed by atoms with E-state index in [1.54, 1.807) is 0 Å². The number of hydrogen-bond donors (Lipinski definition) is 0. The maximum atomic E-state index is 3.63. The highest BCUT2D eigenvalue weighted by Gasteiger charge is 2.12. The molecule has 5 aromatic rings. The Morgan fingerprint density at radius 3 is 1.97 bits per heavy atom. The molecule has 0 aromatic heterocycles. The van der Waals surface area contributed by atoms with Crippen LogP contribution in [0.2, 0.25) is 0 Å². The van der Waals surface area contributed by atoms with E-state index in [0.29, 0.717) is 5.92 Å². The maximum absolute atomic E-state index is 3.63. The molecule has 0 saturated heterocycles. The van der Waals surface area contributed by atoms with Gasteiger partial charge in [-0.3, -0.25) is 0 Å². The fourth-order valence-corrected chi connectivity index (χ4v) is 4.58. The molecule has 0 bridgehead atoms. The van der Waals surface area contributed by atoms with Crippen LogP contribution >= 0.6 is 0 Å². The zero-order valence-corrected chi connectivity index (χ0v) is 22.5. The van der Waals surface area contributed by atoms with Gasteiger partial charge in [0.2, 0.25) is 0 Å². The summed E-state index contributed by atoms with van der Waals surface area (Å²) in [6, 6.07) is 41.9. The maximum Gasteiger partial charge on any atom is -0.00728 e. The molecule has 186 valence electrons. The Labute approximate surface area is 223 Å². The summed E-state index contributed by atoms with van der Waals surface area (Å²) < 4.78 is 0. The third kappa shape index (κ3) is 6.86. The molecular weight excluding hydrogens is 444 g/mol. The van der Waals surface area contributed by atoms with Crippen LogP contribution in [0, 0.1) is 12.8 Å². The standard InChI is InChI=1S/C31H26.C6H12/c1-23-15-18-25(19-16-23)29-21-27-13-8-14-30(26-11-6-3-7-12-26)31(27)28(22-29)20-17-24-9-4-2-5-10-24;1-4-6(3)5-2/h2-16,18-19,21-22H,17,20H2,1H3;4,6H,1,5H2,2-3H3. The van der Waals surface area contributed by atoms with Crippen molar-refractivity contribution in [2.75, 3.05) is 0 Å². The van der Waals surface area contributed by atoms with Gasteiger partial charge in [0.25, 0.3) is 0 Å². The van der Waals surface area contributed by atoms with Gasteiger partial charge in [-0.2, -0.15) is 0 Å². The van der Waals surface area contributed by atoms with E-state index in [1.807, 2.05) is 6.08 Å². The van der Waals surface area contributed by atoms with Crippen molar-refractivity contribution in [1.82, 2.24) is 0 Å². The summed E-state index contributed by atoms with van der Waals surface area (Å²) in [7, 11) is 0. The van der Waals surface area contributed by atoms with E-state index in [1.165, 1.54) is 56.1 Å². The van der Waals surface area contributed by atoms with Gasteiger partial charge in [0.15, 0.2) is 0 Å². The molecule has 0 heteroatoms. The summed E-state index contributed by atoms with van der Waals surface area (Å²) in [5.74, 6) is 0.699. The van der Waals surface area contributed by atoms with Crippen LogP contribution in [0.25, 0.3) is 33.0 Å². The molecule has 0 amide bonds. The first kappa shape index (κ1) is 26.2.